The molecule has 0 spiro atoms. The van der Waals surface area contributed by atoms with Crippen LogP contribution in [-0.2, 0) is 16.7 Å². The number of carbonyl (C=O) groups is 1. The van der Waals surface area contributed by atoms with E-state index in [1.165, 1.54) is 12.1 Å². The lowest BCUT2D eigenvalue weighted by molar-refractivity contribution is -0.142. The number of hydrogen-bond donors (Lipinski definition) is 1. The summed E-state index contributed by atoms with van der Waals surface area (Å²) < 4.78 is 20.4. The highest BCUT2D eigenvalue weighted by molar-refractivity contribution is 6.05. The third-order valence-corrected chi connectivity index (χ3v) is 5.36. The van der Waals surface area contributed by atoms with Crippen molar-refractivity contribution in [3.05, 3.63) is 83.7 Å². The molecule has 3 aromatic rings. The smallest absolute Gasteiger partial charge is 0.268 e. The normalized spacial score (nSPS) is 18.8. The molecule has 1 aliphatic heterocycles. The molecule has 0 saturated heterocycles. The van der Waals surface area contributed by atoms with Gasteiger partial charge in [0.15, 0.2) is 0 Å². The maximum absolute atomic E-state index is 13.4. The van der Waals surface area contributed by atoms with E-state index in [-0.39, 0.29) is 11.7 Å². The number of hydrogen-bond acceptors (Lipinski definition) is 5. The number of aryl methyl sites for hydroxylation is 1. The number of nitrogens with zero attached hydrogens (tertiary/aromatic N) is 3. The maximum atomic E-state index is 13.4. The van der Waals surface area contributed by atoms with Gasteiger partial charge in [-0.25, -0.2) is 9.37 Å². The van der Waals surface area contributed by atoms with Crippen LogP contribution in [0, 0.1) is 5.82 Å². The third kappa shape index (κ3) is 4.14. The third-order valence-electron chi connectivity index (χ3n) is 5.36. The molecule has 160 valence electrons. The zero-order valence-corrected chi connectivity index (χ0v) is 17.5. The van der Waals surface area contributed by atoms with Crippen LogP contribution in [-0.4, -0.2) is 33.9 Å². The first-order valence-electron chi connectivity index (χ1n) is 9.83. The molecule has 7 nitrogen and oxygen atoms in total. The summed E-state index contributed by atoms with van der Waals surface area (Å²) >= 11 is 0. The Balaban J connectivity index is 1.54. The summed E-state index contributed by atoms with van der Waals surface area (Å²) in [5.41, 5.74) is 1.06. The van der Waals surface area contributed by atoms with E-state index in [0.29, 0.717) is 23.5 Å². The van der Waals surface area contributed by atoms with Crippen LogP contribution in [0.15, 0.2) is 66.1 Å². The van der Waals surface area contributed by atoms with E-state index >= 15 is 0 Å². The van der Waals surface area contributed by atoms with Crippen LogP contribution in [0.4, 0.5) is 4.39 Å². The molecule has 2 unspecified atom stereocenters. The quantitative estimate of drug-likeness (QED) is 0.661. The van der Waals surface area contributed by atoms with Crippen LogP contribution < -0.4 is 10.1 Å². The van der Waals surface area contributed by atoms with Crippen molar-refractivity contribution in [1.29, 1.82) is 0 Å². The Labute approximate surface area is 179 Å². The molecule has 1 aromatic heterocycles. The van der Waals surface area contributed by atoms with Crippen LogP contribution in [0.5, 0.6) is 5.75 Å². The second-order valence-corrected chi connectivity index (χ2v) is 7.62. The lowest BCUT2D eigenvalue weighted by Gasteiger charge is -2.25. The molecule has 2 atom stereocenters. The minimum Gasteiger partial charge on any atom is -0.497 e. The van der Waals surface area contributed by atoms with Gasteiger partial charge in [0.05, 0.1) is 12.8 Å². The number of nitrogens with one attached hydrogen (secondary N) is 1. The zero-order valence-electron chi connectivity index (χ0n) is 17.5. The molecule has 8 heteroatoms. The van der Waals surface area contributed by atoms with E-state index < -0.39 is 11.6 Å². The SMILES string of the molecule is COc1ccc(C2=NOC(C)(C(=O)NC(c3ccc(F)cc3)c3nccn3C)C2)cc1. The topological polar surface area (TPSA) is 77.7 Å². The summed E-state index contributed by atoms with van der Waals surface area (Å²) in [5.74, 6) is 0.674. The second-order valence-electron chi connectivity index (χ2n) is 7.62. The van der Waals surface area contributed by atoms with Crippen LogP contribution in [0.2, 0.25) is 0 Å². The Morgan fingerprint density at radius 2 is 1.94 bits per heavy atom. The average molecular weight is 422 g/mol. The number of methoxy groups -OCH3 is 1. The van der Waals surface area contributed by atoms with Crippen LogP contribution in [0.1, 0.15) is 36.3 Å². The van der Waals surface area contributed by atoms with Crippen molar-refractivity contribution in [2.24, 2.45) is 12.2 Å². The highest BCUT2D eigenvalue weighted by Crippen LogP contribution is 2.29. The van der Waals surface area contributed by atoms with Gasteiger partial charge in [0.2, 0.25) is 5.60 Å². The summed E-state index contributed by atoms with van der Waals surface area (Å²) in [4.78, 5) is 23.2. The summed E-state index contributed by atoms with van der Waals surface area (Å²) in [6.07, 6.45) is 3.75. The molecule has 0 saturated carbocycles. The number of aromatic nitrogens is 2. The summed E-state index contributed by atoms with van der Waals surface area (Å²) in [6, 6.07) is 12.8. The van der Waals surface area contributed by atoms with Gasteiger partial charge in [-0.1, -0.05) is 17.3 Å². The number of ether oxygens (including phenoxy) is 1. The fraction of sp³-hybridized carbons (Fsp3) is 0.261. The molecule has 0 bridgehead atoms. The van der Waals surface area contributed by atoms with Crippen molar-refractivity contribution >= 4 is 11.6 Å². The van der Waals surface area contributed by atoms with Gasteiger partial charge >= 0.3 is 0 Å². The Hall–Kier alpha value is -3.68. The maximum Gasteiger partial charge on any atom is 0.268 e. The van der Waals surface area contributed by atoms with Crippen molar-refractivity contribution in [2.75, 3.05) is 7.11 Å². The monoisotopic (exact) mass is 422 g/mol. The Morgan fingerprint density at radius 1 is 1.23 bits per heavy atom. The van der Waals surface area contributed by atoms with Gasteiger partial charge in [-0.15, -0.1) is 0 Å². The lowest BCUT2D eigenvalue weighted by atomic mass is 9.94. The first-order chi connectivity index (χ1) is 14.9. The predicted molar refractivity (Wildman–Crippen MR) is 113 cm³/mol. The molecular weight excluding hydrogens is 399 g/mol. The summed E-state index contributed by atoms with van der Waals surface area (Å²) in [7, 11) is 3.44. The van der Waals surface area contributed by atoms with Crippen molar-refractivity contribution in [1.82, 2.24) is 14.9 Å². The van der Waals surface area contributed by atoms with E-state index in [1.807, 2.05) is 35.9 Å². The van der Waals surface area contributed by atoms with E-state index in [1.54, 1.807) is 38.6 Å². The van der Waals surface area contributed by atoms with Crippen LogP contribution >= 0.6 is 0 Å². The Morgan fingerprint density at radius 3 is 2.55 bits per heavy atom. The van der Waals surface area contributed by atoms with E-state index in [0.717, 1.165) is 11.3 Å². The predicted octanol–water partition coefficient (Wildman–Crippen LogP) is 3.36. The number of halogens is 1. The van der Waals surface area contributed by atoms with Gasteiger partial charge in [0, 0.05) is 25.9 Å². The fourth-order valence-electron chi connectivity index (χ4n) is 3.49. The van der Waals surface area contributed by atoms with Gasteiger partial charge < -0.3 is 19.5 Å². The fourth-order valence-corrected chi connectivity index (χ4v) is 3.49. The first kappa shape index (κ1) is 20.6. The molecule has 0 aliphatic carbocycles. The summed E-state index contributed by atoms with van der Waals surface area (Å²) in [5, 5.41) is 7.16. The average Bonchev–Trinajstić information content (AvgIpc) is 3.39. The van der Waals surface area contributed by atoms with Gasteiger partial charge in [-0.2, -0.15) is 0 Å². The number of rotatable bonds is 6. The van der Waals surface area contributed by atoms with Gasteiger partial charge in [-0.3, -0.25) is 4.79 Å². The van der Waals surface area contributed by atoms with Crippen LogP contribution in [0.3, 0.4) is 0 Å². The highest BCUT2D eigenvalue weighted by Gasteiger charge is 2.43. The molecule has 1 N–H and O–H groups in total. The van der Waals surface area contributed by atoms with E-state index in [9.17, 15) is 9.18 Å². The molecular formula is C23H23FN4O3. The molecule has 2 heterocycles. The Kier molecular flexibility index (Phi) is 5.46. The van der Waals surface area contributed by atoms with Crippen molar-refractivity contribution < 1.29 is 18.8 Å². The molecule has 31 heavy (non-hydrogen) atoms. The summed E-state index contributed by atoms with van der Waals surface area (Å²) in [6.45, 7) is 1.70. The number of imidazole rings is 1. The standard InChI is InChI=1S/C23H23FN4O3/c1-23(14-19(27-31-23)15-6-10-18(30-3)11-7-15)22(29)26-20(21-25-12-13-28(21)2)16-4-8-17(24)9-5-16/h4-13,20H,14H2,1-3H3,(H,26,29). The Bertz CT molecular complexity index is 1110. The highest BCUT2D eigenvalue weighted by atomic mass is 19.1. The first-order valence-corrected chi connectivity index (χ1v) is 9.83. The van der Waals surface area contributed by atoms with E-state index in [4.69, 9.17) is 9.57 Å². The minimum absolute atomic E-state index is 0.307. The number of benzene rings is 2. The molecule has 1 amide bonds. The lowest BCUT2D eigenvalue weighted by Crippen LogP contribution is -2.46. The van der Waals surface area contributed by atoms with Crippen LogP contribution in [0.25, 0.3) is 0 Å². The van der Waals surface area contributed by atoms with Gasteiger partial charge in [-0.05, 0) is 54.4 Å². The molecule has 2 aromatic carbocycles. The number of amides is 1. The van der Waals surface area contributed by atoms with E-state index in [2.05, 4.69) is 15.5 Å². The van der Waals surface area contributed by atoms with Gasteiger partial charge in [0.25, 0.3) is 5.91 Å². The molecule has 4 rings (SSSR count). The van der Waals surface area contributed by atoms with Gasteiger partial charge in [0.1, 0.15) is 23.4 Å². The number of carbonyl (C=O) groups excluding carboxylic acids is 1. The second kappa shape index (κ2) is 8.22. The molecule has 1 aliphatic rings. The minimum atomic E-state index is -1.18. The molecule has 0 radical (unpaired) electrons. The largest absolute Gasteiger partial charge is 0.497 e. The van der Waals surface area contributed by atoms with Crippen molar-refractivity contribution in [3.63, 3.8) is 0 Å². The van der Waals surface area contributed by atoms with Crippen molar-refractivity contribution in [2.45, 2.75) is 25.0 Å². The zero-order chi connectivity index (χ0) is 22.0. The number of oxime groups is 1. The van der Waals surface area contributed by atoms with Crippen molar-refractivity contribution in [3.8, 4) is 5.75 Å². The molecule has 0 fully saturated rings.